The zero-order chi connectivity index (χ0) is 19.4. The summed E-state index contributed by atoms with van der Waals surface area (Å²) in [6.07, 6.45) is 4.90. The van der Waals surface area contributed by atoms with Crippen LogP contribution in [0.25, 0.3) is 0 Å². The van der Waals surface area contributed by atoms with Crippen LogP contribution >= 0.6 is 11.3 Å². The van der Waals surface area contributed by atoms with Crippen molar-refractivity contribution in [3.05, 3.63) is 17.5 Å². The molecule has 0 aliphatic rings. The first-order valence-electron chi connectivity index (χ1n) is 9.38. The van der Waals surface area contributed by atoms with Gasteiger partial charge >= 0.3 is 0 Å². The Morgan fingerprint density at radius 3 is 2.69 bits per heavy atom. The number of hydrogen-bond acceptors (Lipinski definition) is 5. The molecular formula is C18H33N3O3S2. The van der Waals surface area contributed by atoms with Crippen molar-refractivity contribution in [1.82, 2.24) is 10.6 Å². The highest BCUT2D eigenvalue weighted by Crippen LogP contribution is 2.18. The van der Waals surface area contributed by atoms with E-state index in [1.165, 1.54) is 25.7 Å². The summed E-state index contributed by atoms with van der Waals surface area (Å²) >= 11 is 1.16. The van der Waals surface area contributed by atoms with Gasteiger partial charge in [-0.3, -0.25) is 4.99 Å². The van der Waals surface area contributed by atoms with Crippen LogP contribution in [0.5, 0.6) is 0 Å². The van der Waals surface area contributed by atoms with Gasteiger partial charge in [0.05, 0.1) is 18.4 Å². The lowest BCUT2D eigenvalue weighted by atomic mass is 10.1. The van der Waals surface area contributed by atoms with E-state index in [-0.39, 0.29) is 22.5 Å². The van der Waals surface area contributed by atoms with E-state index < -0.39 is 15.9 Å². The molecule has 2 unspecified atom stereocenters. The minimum absolute atomic E-state index is 0.0441. The summed E-state index contributed by atoms with van der Waals surface area (Å²) in [5, 5.41) is 18.3. The highest BCUT2D eigenvalue weighted by molar-refractivity contribution is 7.93. The summed E-state index contributed by atoms with van der Waals surface area (Å²) in [6.45, 7) is 7.03. The number of nitrogens with one attached hydrogen (secondary N) is 2. The Morgan fingerprint density at radius 2 is 2.08 bits per heavy atom. The van der Waals surface area contributed by atoms with Crippen LogP contribution in [0.2, 0.25) is 0 Å². The molecular weight excluding hydrogens is 370 g/mol. The third-order valence-corrected chi connectivity index (χ3v) is 7.18. The molecule has 0 aliphatic carbocycles. The van der Waals surface area contributed by atoms with Gasteiger partial charge in [0.25, 0.3) is 0 Å². The fourth-order valence-corrected chi connectivity index (χ4v) is 5.00. The standard InChI is InChI=1S/C18H33N3O3S2/c1-4-6-7-8-10-15(3)21-18(19-5-2)20-13-16(22)14-26(23,24)17-11-9-12-25-17/h9,11-12,15-16,22H,4-8,10,13-14H2,1-3H3,(H2,19,20,21). The number of aliphatic imine (C=N–C) groups is 1. The largest absolute Gasteiger partial charge is 0.390 e. The Bertz CT molecular complexity index is 616. The van der Waals surface area contributed by atoms with Gasteiger partial charge < -0.3 is 15.7 Å². The van der Waals surface area contributed by atoms with Crippen LogP contribution in [-0.4, -0.2) is 50.5 Å². The number of aliphatic hydroxyl groups is 1. The fourth-order valence-electron chi connectivity index (χ4n) is 2.53. The topological polar surface area (TPSA) is 90.8 Å². The molecule has 0 saturated carbocycles. The zero-order valence-electron chi connectivity index (χ0n) is 16.1. The fraction of sp³-hybridized carbons (Fsp3) is 0.722. The average Bonchev–Trinajstić information content (AvgIpc) is 3.12. The lowest BCUT2D eigenvalue weighted by Crippen LogP contribution is -2.42. The second kappa shape index (κ2) is 12.3. The molecule has 6 nitrogen and oxygen atoms in total. The van der Waals surface area contributed by atoms with Crippen LogP contribution in [0.4, 0.5) is 0 Å². The van der Waals surface area contributed by atoms with Crippen LogP contribution in [0.1, 0.15) is 52.9 Å². The van der Waals surface area contributed by atoms with Crippen LogP contribution in [-0.2, 0) is 9.84 Å². The van der Waals surface area contributed by atoms with Crippen molar-refractivity contribution >= 4 is 27.1 Å². The first-order chi connectivity index (χ1) is 12.4. The van der Waals surface area contributed by atoms with Crippen molar-refractivity contribution < 1.29 is 13.5 Å². The SMILES string of the molecule is CCCCCCC(C)NC(=NCC(O)CS(=O)(=O)c1cccs1)NCC. The molecule has 1 heterocycles. The number of hydrogen-bond donors (Lipinski definition) is 3. The van der Waals surface area contributed by atoms with E-state index in [0.717, 1.165) is 17.8 Å². The molecule has 2 atom stereocenters. The molecule has 0 radical (unpaired) electrons. The molecule has 0 aliphatic heterocycles. The maximum atomic E-state index is 12.2. The molecule has 1 aromatic rings. The number of rotatable bonds is 12. The molecule has 0 saturated heterocycles. The Hall–Kier alpha value is -1.12. The number of sulfone groups is 1. The van der Waals surface area contributed by atoms with E-state index in [2.05, 4.69) is 29.5 Å². The van der Waals surface area contributed by atoms with Crippen molar-refractivity contribution in [3.63, 3.8) is 0 Å². The molecule has 0 fully saturated rings. The predicted molar refractivity (Wildman–Crippen MR) is 110 cm³/mol. The highest BCUT2D eigenvalue weighted by Gasteiger charge is 2.20. The maximum absolute atomic E-state index is 12.2. The monoisotopic (exact) mass is 403 g/mol. The third-order valence-electron chi connectivity index (χ3n) is 3.89. The summed E-state index contributed by atoms with van der Waals surface area (Å²) in [7, 11) is -3.46. The lowest BCUT2D eigenvalue weighted by Gasteiger charge is -2.18. The van der Waals surface area contributed by atoms with Crippen molar-refractivity contribution in [1.29, 1.82) is 0 Å². The number of thiophene rings is 1. The first-order valence-corrected chi connectivity index (χ1v) is 11.9. The van der Waals surface area contributed by atoms with Gasteiger partial charge in [-0.1, -0.05) is 38.7 Å². The summed E-state index contributed by atoms with van der Waals surface area (Å²) < 4.78 is 24.7. The Balaban J connectivity index is 2.51. The van der Waals surface area contributed by atoms with E-state index in [4.69, 9.17) is 0 Å². The van der Waals surface area contributed by atoms with E-state index in [1.54, 1.807) is 17.5 Å². The smallest absolute Gasteiger partial charge is 0.191 e. The predicted octanol–water partition coefficient (Wildman–Crippen LogP) is 2.80. The van der Waals surface area contributed by atoms with E-state index in [0.29, 0.717) is 12.5 Å². The minimum atomic E-state index is -3.46. The van der Waals surface area contributed by atoms with E-state index in [9.17, 15) is 13.5 Å². The molecule has 0 amide bonds. The molecule has 1 aromatic heterocycles. The van der Waals surface area contributed by atoms with Crippen molar-refractivity contribution in [2.75, 3.05) is 18.8 Å². The summed E-state index contributed by atoms with van der Waals surface area (Å²) in [4.78, 5) is 4.35. The quantitative estimate of drug-likeness (QED) is 0.284. The van der Waals surface area contributed by atoms with Crippen LogP contribution in [0.3, 0.4) is 0 Å². The maximum Gasteiger partial charge on any atom is 0.191 e. The van der Waals surface area contributed by atoms with Gasteiger partial charge in [0.1, 0.15) is 4.21 Å². The molecule has 1 rings (SSSR count). The van der Waals surface area contributed by atoms with Gasteiger partial charge in [-0.15, -0.1) is 11.3 Å². The molecule has 150 valence electrons. The van der Waals surface area contributed by atoms with Crippen LogP contribution < -0.4 is 10.6 Å². The van der Waals surface area contributed by atoms with Gasteiger partial charge in [-0.2, -0.15) is 0 Å². The third kappa shape index (κ3) is 9.00. The lowest BCUT2D eigenvalue weighted by molar-refractivity contribution is 0.206. The molecule has 0 bridgehead atoms. The highest BCUT2D eigenvalue weighted by atomic mass is 32.2. The van der Waals surface area contributed by atoms with Gasteiger partial charge in [0, 0.05) is 12.6 Å². The number of nitrogens with zero attached hydrogens (tertiary/aromatic N) is 1. The average molecular weight is 404 g/mol. The minimum Gasteiger partial charge on any atom is -0.390 e. The second-order valence-corrected chi connectivity index (χ2v) is 9.69. The Kier molecular flexibility index (Phi) is 10.8. The van der Waals surface area contributed by atoms with Crippen molar-refractivity contribution in [2.45, 2.75) is 69.2 Å². The van der Waals surface area contributed by atoms with Gasteiger partial charge in [-0.25, -0.2) is 8.42 Å². The van der Waals surface area contributed by atoms with Crippen molar-refractivity contribution in [2.24, 2.45) is 4.99 Å². The summed E-state index contributed by atoms with van der Waals surface area (Å²) in [6, 6.07) is 3.52. The van der Waals surface area contributed by atoms with Crippen molar-refractivity contribution in [3.8, 4) is 0 Å². The normalized spacial score (nSPS) is 14.8. The Labute approximate surface area is 162 Å². The second-order valence-electron chi connectivity index (χ2n) is 6.48. The van der Waals surface area contributed by atoms with Gasteiger partial charge in [0.2, 0.25) is 0 Å². The molecule has 26 heavy (non-hydrogen) atoms. The van der Waals surface area contributed by atoms with E-state index >= 15 is 0 Å². The van der Waals surface area contributed by atoms with Gasteiger partial charge in [-0.05, 0) is 31.7 Å². The molecule has 0 spiro atoms. The first kappa shape index (κ1) is 22.9. The van der Waals surface area contributed by atoms with Gasteiger partial charge in [0.15, 0.2) is 15.8 Å². The number of guanidine groups is 1. The number of unbranched alkanes of at least 4 members (excludes halogenated alkanes) is 3. The van der Waals surface area contributed by atoms with Crippen LogP contribution in [0, 0.1) is 0 Å². The number of aliphatic hydroxyl groups excluding tert-OH is 1. The summed E-state index contributed by atoms with van der Waals surface area (Å²) in [5.74, 6) is 0.297. The molecule has 0 aromatic carbocycles. The molecule has 8 heteroatoms. The summed E-state index contributed by atoms with van der Waals surface area (Å²) in [5.41, 5.74) is 0. The molecule has 3 N–H and O–H groups in total. The Morgan fingerprint density at radius 1 is 1.31 bits per heavy atom. The zero-order valence-corrected chi connectivity index (χ0v) is 17.7. The van der Waals surface area contributed by atoms with E-state index in [1.807, 2.05) is 6.92 Å². The van der Waals surface area contributed by atoms with Crippen LogP contribution in [0.15, 0.2) is 26.7 Å².